The average molecular weight is 336 g/mol. The Balaban J connectivity index is 1.90. The number of rotatable bonds is 2. The number of pyridine rings is 1. The van der Waals surface area contributed by atoms with E-state index in [2.05, 4.69) is 15.0 Å². The van der Waals surface area contributed by atoms with E-state index in [1.807, 2.05) is 30.3 Å². The van der Waals surface area contributed by atoms with E-state index >= 15 is 0 Å². The van der Waals surface area contributed by atoms with E-state index in [0.717, 1.165) is 33.4 Å². The molecule has 2 aromatic heterocycles. The first-order chi connectivity index (χ1) is 11.7. The second-order valence-corrected chi connectivity index (χ2v) is 5.70. The number of aromatic nitrogens is 3. The minimum atomic E-state index is -0.445. The molecule has 4 aromatic rings. The Kier molecular flexibility index (Phi) is 3.67. The van der Waals surface area contributed by atoms with Gasteiger partial charge < -0.3 is 0 Å². The van der Waals surface area contributed by atoms with E-state index in [1.165, 1.54) is 6.07 Å². The van der Waals surface area contributed by atoms with Gasteiger partial charge in [0.05, 0.1) is 21.7 Å². The summed E-state index contributed by atoms with van der Waals surface area (Å²) < 4.78 is 13.4. The molecule has 2 aromatic carbocycles. The van der Waals surface area contributed by atoms with Gasteiger partial charge in [-0.15, -0.1) is 0 Å². The minimum absolute atomic E-state index is 0.0773. The van der Waals surface area contributed by atoms with Crippen molar-refractivity contribution in [1.29, 1.82) is 0 Å². The van der Waals surface area contributed by atoms with Crippen molar-refractivity contribution in [3.63, 3.8) is 0 Å². The summed E-state index contributed by atoms with van der Waals surface area (Å²) in [6.45, 7) is 0. The van der Waals surface area contributed by atoms with Gasteiger partial charge in [-0.1, -0.05) is 23.7 Å². The van der Waals surface area contributed by atoms with Crippen molar-refractivity contribution in [2.75, 3.05) is 0 Å². The zero-order valence-electron chi connectivity index (χ0n) is 12.4. The molecule has 0 aliphatic rings. The van der Waals surface area contributed by atoms with Crippen LogP contribution in [0.5, 0.6) is 0 Å². The van der Waals surface area contributed by atoms with Crippen LogP contribution >= 0.6 is 11.6 Å². The number of halogens is 2. The van der Waals surface area contributed by atoms with Crippen LogP contribution in [-0.4, -0.2) is 15.0 Å². The fraction of sp³-hybridized carbons (Fsp3) is 0. The smallest absolute Gasteiger partial charge is 0.141 e. The van der Waals surface area contributed by atoms with Crippen molar-refractivity contribution in [3.8, 4) is 22.4 Å². The lowest BCUT2D eigenvalue weighted by molar-refractivity contribution is 0.628. The molecule has 5 heteroatoms. The lowest BCUT2D eigenvalue weighted by Crippen LogP contribution is -1.91. The number of hydrogen-bond donors (Lipinski definition) is 0. The van der Waals surface area contributed by atoms with Crippen molar-refractivity contribution in [2.45, 2.75) is 0 Å². The predicted molar refractivity (Wildman–Crippen MR) is 93.2 cm³/mol. The van der Waals surface area contributed by atoms with Crippen LogP contribution in [0.25, 0.3) is 33.4 Å². The second-order valence-electron chi connectivity index (χ2n) is 5.29. The summed E-state index contributed by atoms with van der Waals surface area (Å²) in [5, 5.41) is 0.0773. The molecule has 0 N–H and O–H groups in total. The summed E-state index contributed by atoms with van der Waals surface area (Å²) in [5.41, 5.74) is 5.02. The standard InChI is InChI=1S/C19H11ClFN3/c20-15-10-13(3-5-16(15)21)19-14(2-1-7-24-19)12-4-6-17-18(11-12)23-9-8-22-17/h1-11H. The quantitative estimate of drug-likeness (QED) is 0.508. The van der Waals surface area contributed by atoms with Crippen LogP contribution in [0.3, 0.4) is 0 Å². The van der Waals surface area contributed by atoms with Gasteiger partial charge >= 0.3 is 0 Å². The van der Waals surface area contributed by atoms with Crippen molar-refractivity contribution in [1.82, 2.24) is 15.0 Å². The SMILES string of the molecule is Fc1ccc(-c2ncccc2-c2ccc3nccnc3c2)cc1Cl. The molecule has 0 unspecified atom stereocenters. The van der Waals surface area contributed by atoms with Gasteiger partial charge in [-0.25, -0.2) is 4.39 Å². The lowest BCUT2D eigenvalue weighted by atomic mass is 9.99. The average Bonchev–Trinajstić information content (AvgIpc) is 2.63. The molecule has 2 heterocycles. The summed E-state index contributed by atoms with van der Waals surface area (Å²) in [6, 6.07) is 14.3. The summed E-state index contributed by atoms with van der Waals surface area (Å²) in [6.07, 6.45) is 5.03. The van der Waals surface area contributed by atoms with Gasteiger partial charge in [0.1, 0.15) is 5.82 Å². The van der Waals surface area contributed by atoms with Crippen molar-refractivity contribution < 1.29 is 4.39 Å². The van der Waals surface area contributed by atoms with Gasteiger partial charge in [0.2, 0.25) is 0 Å². The van der Waals surface area contributed by atoms with Crippen LogP contribution in [0.1, 0.15) is 0 Å². The van der Waals surface area contributed by atoms with E-state index in [0.29, 0.717) is 0 Å². The van der Waals surface area contributed by atoms with Gasteiger partial charge in [-0.05, 0) is 42.0 Å². The number of hydrogen-bond acceptors (Lipinski definition) is 3. The van der Waals surface area contributed by atoms with E-state index in [1.54, 1.807) is 30.7 Å². The summed E-state index contributed by atoms with van der Waals surface area (Å²) in [5.74, 6) is -0.445. The van der Waals surface area contributed by atoms with Crippen LogP contribution in [-0.2, 0) is 0 Å². The van der Waals surface area contributed by atoms with Crippen LogP contribution in [0.15, 0.2) is 67.1 Å². The van der Waals surface area contributed by atoms with Gasteiger partial charge in [0.15, 0.2) is 0 Å². The number of nitrogens with zero attached hydrogens (tertiary/aromatic N) is 3. The fourth-order valence-corrected chi connectivity index (χ4v) is 2.82. The van der Waals surface area contributed by atoms with E-state index < -0.39 is 5.82 Å². The molecule has 0 fully saturated rings. The van der Waals surface area contributed by atoms with E-state index in [9.17, 15) is 4.39 Å². The Hall–Kier alpha value is -2.85. The molecule has 0 bridgehead atoms. The first kappa shape index (κ1) is 14.7. The first-order valence-corrected chi connectivity index (χ1v) is 7.72. The Morgan fingerprint density at radius 1 is 0.750 bits per heavy atom. The highest BCUT2D eigenvalue weighted by atomic mass is 35.5. The molecule has 0 aliphatic heterocycles. The maximum atomic E-state index is 13.4. The molecule has 4 rings (SSSR count). The van der Waals surface area contributed by atoms with Gasteiger partial charge in [0.25, 0.3) is 0 Å². The van der Waals surface area contributed by atoms with E-state index in [4.69, 9.17) is 11.6 Å². The van der Waals surface area contributed by atoms with E-state index in [-0.39, 0.29) is 5.02 Å². The number of benzene rings is 2. The van der Waals surface area contributed by atoms with Crippen LogP contribution in [0.4, 0.5) is 4.39 Å². The summed E-state index contributed by atoms with van der Waals surface area (Å²) in [7, 11) is 0. The molecule has 0 radical (unpaired) electrons. The third-order valence-electron chi connectivity index (χ3n) is 3.78. The normalized spacial score (nSPS) is 10.9. The van der Waals surface area contributed by atoms with Crippen LogP contribution < -0.4 is 0 Å². The Labute approximate surface area is 142 Å². The monoisotopic (exact) mass is 335 g/mol. The highest BCUT2D eigenvalue weighted by Gasteiger charge is 2.11. The maximum Gasteiger partial charge on any atom is 0.141 e. The maximum absolute atomic E-state index is 13.4. The first-order valence-electron chi connectivity index (χ1n) is 7.34. The second kappa shape index (κ2) is 5.98. The number of fused-ring (bicyclic) bond motifs is 1. The minimum Gasteiger partial charge on any atom is -0.256 e. The molecule has 0 atom stereocenters. The van der Waals surface area contributed by atoms with Crippen molar-refractivity contribution in [2.24, 2.45) is 0 Å². The molecule has 24 heavy (non-hydrogen) atoms. The Morgan fingerprint density at radius 3 is 2.38 bits per heavy atom. The van der Waals surface area contributed by atoms with Gasteiger partial charge in [0, 0.05) is 29.7 Å². The molecule has 0 aliphatic carbocycles. The molecule has 3 nitrogen and oxygen atoms in total. The third-order valence-corrected chi connectivity index (χ3v) is 4.07. The lowest BCUT2D eigenvalue weighted by Gasteiger charge is -2.10. The predicted octanol–water partition coefficient (Wildman–Crippen LogP) is 5.15. The van der Waals surface area contributed by atoms with Gasteiger partial charge in [-0.3, -0.25) is 15.0 Å². The molecule has 0 saturated carbocycles. The fourth-order valence-electron chi connectivity index (χ4n) is 2.64. The molecule has 0 spiro atoms. The highest BCUT2D eigenvalue weighted by Crippen LogP contribution is 2.32. The summed E-state index contributed by atoms with van der Waals surface area (Å²) in [4.78, 5) is 13.1. The largest absolute Gasteiger partial charge is 0.256 e. The van der Waals surface area contributed by atoms with Crippen molar-refractivity contribution in [3.05, 3.63) is 78.0 Å². The van der Waals surface area contributed by atoms with Crippen molar-refractivity contribution >= 4 is 22.6 Å². The Bertz CT molecular complexity index is 1050. The molecular weight excluding hydrogens is 325 g/mol. The molecular formula is C19H11ClFN3. The van der Waals surface area contributed by atoms with Crippen LogP contribution in [0.2, 0.25) is 5.02 Å². The van der Waals surface area contributed by atoms with Crippen LogP contribution in [0, 0.1) is 5.82 Å². The molecule has 0 amide bonds. The third kappa shape index (κ3) is 2.61. The zero-order valence-corrected chi connectivity index (χ0v) is 13.2. The van der Waals surface area contributed by atoms with Gasteiger partial charge in [-0.2, -0.15) is 0 Å². The topological polar surface area (TPSA) is 38.7 Å². The Morgan fingerprint density at radius 2 is 1.54 bits per heavy atom. The zero-order chi connectivity index (χ0) is 16.5. The summed E-state index contributed by atoms with van der Waals surface area (Å²) >= 11 is 5.92. The molecule has 116 valence electrons. The highest BCUT2D eigenvalue weighted by molar-refractivity contribution is 6.31. The molecule has 0 saturated heterocycles.